The lowest BCUT2D eigenvalue weighted by Gasteiger charge is -2.58. The fraction of sp³-hybridized carbons (Fsp3) is 0.760. The highest BCUT2D eigenvalue weighted by atomic mass is 16.5. The zero-order valence-corrected chi connectivity index (χ0v) is 21.3. The molecule has 2 aromatic heterocycles. The standard InChI is InChI=1S/C25H41N3O2/c1-16-18-14-15-28(19(18)27-17(2)26-16)24(10)20(3,4)23(9,22(7,8)29-12)25(11,30-13)21(24,5)6/h14-15H,1-13H3/t23-,24+,25-/m0/s1. The molecule has 2 heterocycles. The topological polar surface area (TPSA) is 49.2 Å². The number of ether oxygens (including phenoxy) is 2. The van der Waals surface area contributed by atoms with Crippen LogP contribution in [0.2, 0.25) is 0 Å². The number of hydrogen-bond donors (Lipinski definition) is 0. The molecule has 2 aromatic rings. The third-order valence-electron chi connectivity index (χ3n) is 10.3. The number of hydrogen-bond acceptors (Lipinski definition) is 4. The minimum Gasteiger partial charge on any atom is -0.378 e. The Morgan fingerprint density at radius 1 is 0.900 bits per heavy atom. The van der Waals surface area contributed by atoms with Gasteiger partial charge in [0, 0.05) is 36.6 Å². The molecule has 0 N–H and O–H groups in total. The molecular formula is C25H41N3O2. The normalized spacial score (nSPS) is 33.4. The smallest absolute Gasteiger partial charge is 0.144 e. The Labute approximate surface area is 182 Å². The Morgan fingerprint density at radius 3 is 1.97 bits per heavy atom. The Morgan fingerprint density at radius 2 is 1.47 bits per heavy atom. The van der Waals surface area contributed by atoms with Crippen molar-refractivity contribution < 1.29 is 9.47 Å². The second-order valence-electron chi connectivity index (χ2n) is 11.2. The van der Waals surface area contributed by atoms with Crippen molar-refractivity contribution in [1.29, 1.82) is 0 Å². The second-order valence-corrected chi connectivity index (χ2v) is 11.2. The molecule has 0 saturated heterocycles. The van der Waals surface area contributed by atoms with Gasteiger partial charge in [0.05, 0.1) is 22.4 Å². The molecule has 1 aliphatic rings. The molecule has 3 rings (SSSR count). The summed E-state index contributed by atoms with van der Waals surface area (Å²) in [6.07, 6.45) is 2.19. The molecule has 1 fully saturated rings. The molecule has 168 valence electrons. The van der Waals surface area contributed by atoms with Gasteiger partial charge in [-0.25, -0.2) is 9.97 Å². The Kier molecular flexibility index (Phi) is 4.86. The van der Waals surface area contributed by atoms with Crippen LogP contribution >= 0.6 is 0 Å². The number of nitrogens with zero attached hydrogens (tertiary/aromatic N) is 3. The van der Waals surface area contributed by atoms with Crippen molar-refractivity contribution in [3.63, 3.8) is 0 Å². The van der Waals surface area contributed by atoms with E-state index in [4.69, 9.17) is 14.5 Å². The van der Waals surface area contributed by atoms with Gasteiger partial charge in [0.15, 0.2) is 0 Å². The van der Waals surface area contributed by atoms with Gasteiger partial charge in [-0.1, -0.05) is 34.6 Å². The first-order chi connectivity index (χ1) is 13.5. The quantitative estimate of drug-likeness (QED) is 0.646. The van der Waals surface area contributed by atoms with Gasteiger partial charge in [-0.15, -0.1) is 0 Å². The van der Waals surface area contributed by atoms with E-state index < -0.39 is 11.2 Å². The van der Waals surface area contributed by atoms with E-state index in [0.717, 1.165) is 22.6 Å². The first-order valence-corrected chi connectivity index (χ1v) is 10.9. The van der Waals surface area contributed by atoms with Gasteiger partial charge >= 0.3 is 0 Å². The molecule has 0 bridgehead atoms. The molecule has 0 unspecified atom stereocenters. The fourth-order valence-corrected chi connectivity index (χ4v) is 7.21. The molecule has 0 aromatic carbocycles. The maximum Gasteiger partial charge on any atom is 0.144 e. The van der Waals surface area contributed by atoms with Crippen LogP contribution in [0, 0.1) is 30.1 Å². The van der Waals surface area contributed by atoms with Gasteiger partial charge in [-0.3, -0.25) is 0 Å². The van der Waals surface area contributed by atoms with E-state index in [1.54, 1.807) is 0 Å². The van der Waals surface area contributed by atoms with Crippen molar-refractivity contribution in [3.05, 3.63) is 23.8 Å². The number of aromatic nitrogens is 3. The van der Waals surface area contributed by atoms with E-state index >= 15 is 0 Å². The van der Waals surface area contributed by atoms with Gasteiger partial charge in [0.25, 0.3) is 0 Å². The molecule has 0 aliphatic heterocycles. The maximum atomic E-state index is 6.48. The summed E-state index contributed by atoms with van der Waals surface area (Å²) in [6.45, 7) is 24.8. The summed E-state index contributed by atoms with van der Waals surface area (Å²) in [5.74, 6) is 0.798. The average Bonchev–Trinajstić information content (AvgIpc) is 3.11. The van der Waals surface area contributed by atoms with Crippen LogP contribution < -0.4 is 0 Å². The van der Waals surface area contributed by atoms with Crippen molar-refractivity contribution in [2.75, 3.05) is 14.2 Å². The van der Waals surface area contributed by atoms with Gasteiger partial charge in [0.2, 0.25) is 0 Å². The van der Waals surface area contributed by atoms with Crippen LogP contribution in [0.4, 0.5) is 0 Å². The van der Waals surface area contributed by atoms with Crippen LogP contribution in [0.3, 0.4) is 0 Å². The fourth-order valence-electron chi connectivity index (χ4n) is 7.21. The number of aryl methyl sites for hydroxylation is 2. The predicted octanol–water partition coefficient (Wildman–Crippen LogP) is 5.67. The van der Waals surface area contributed by atoms with E-state index in [-0.39, 0.29) is 21.8 Å². The summed E-state index contributed by atoms with van der Waals surface area (Å²) < 4.78 is 15.0. The van der Waals surface area contributed by atoms with Crippen LogP contribution in [0.25, 0.3) is 11.0 Å². The average molecular weight is 416 g/mol. The zero-order valence-electron chi connectivity index (χ0n) is 21.3. The van der Waals surface area contributed by atoms with Crippen LogP contribution in [0.1, 0.15) is 73.8 Å². The highest BCUT2D eigenvalue weighted by Gasteiger charge is 2.81. The first kappa shape index (κ1) is 23.2. The molecular weight excluding hydrogens is 374 g/mol. The van der Waals surface area contributed by atoms with Crippen LogP contribution in [0.15, 0.2) is 12.3 Å². The SMILES string of the molecule is COC(C)(C)[C@]1(C)C(C)(C)[C@@](C)(n2ccc3c(C)nc(C)nc32)C(C)(C)[C@]1(C)OC. The molecule has 1 saturated carbocycles. The number of fused-ring (bicyclic) bond motifs is 1. The lowest BCUT2D eigenvalue weighted by Crippen LogP contribution is -2.63. The highest BCUT2D eigenvalue weighted by molar-refractivity contribution is 5.79. The minimum absolute atomic E-state index is 0.230. The number of methoxy groups -OCH3 is 2. The predicted molar refractivity (Wildman–Crippen MR) is 123 cm³/mol. The van der Waals surface area contributed by atoms with E-state index in [1.807, 2.05) is 21.1 Å². The van der Waals surface area contributed by atoms with Crippen molar-refractivity contribution in [1.82, 2.24) is 14.5 Å². The number of rotatable bonds is 4. The van der Waals surface area contributed by atoms with E-state index in [9.17, 15) is 0 Å². The van der Waals surface area contributed by atoms with Crippen molar-refractivity contribution in [3.8, 4) is 0 Å². The van der Waals surface area contributed by atoms with Gasteiger partial charge in [-0.2, -0.15) is 0 Å². The Hall–Kier alpha value is -1.46. The van der Waals surface area contributed by atoms with Crippen LogP contribution in [-0.4, -0.2) is 40.0 Å². The van der Waals surface area contributed by atoms with E-state index in [1.165, 1.54) is 0 Å². The maximum absolute atomic E-state index is 6.48. The molecule has 1 aliphatic carbocycles. The third-order valence-corrected chi connectivity index (χ3v) is 10.3. The zero-order chi connectivity index (χ0) is 23.1. The Balaban J connectivity index is 2.49. The van der Waals surface area contributed by atoms with Crippen LogP contribution in [-0.2, 0) is 15.0 Å². The van der Waals surface area contributed by atoms with Gasteiger partial charge < -0.3 is 14.0 Å². The monoisotopic (exact) mass is 415 g/mol. The summed E-state index contributed by atoms with van der Waals surface area (Å²) in [6, 6.07) is 2.16. The lowest BCUT2D eigenvalue weighted by atomic mass is 9.53. The largest absolute Gasteiger partial charge is 0.378 e. The van der Waals surface area contributed by atoms with Gasteiger partial charge in [0.1, 0.15) is 11.5 Å². The molecule has 0 spiro atoms. The molecule has 0 radical (unpaired) electrons. The summed E-state index contributed by atoms with van der Waals surface area (Å²) in [4.78, 5) is 9.49. The minimum atomic E-state index is -0.481. The van der Waals surface area contributed by atoms with Crippen LogP contribution in [0.5, 0.6) is 0 Å². The third kappa shape index (κ3) is 2.16. The van der Waals surface area contributed by atoms with Gasteiger partial charge in [-0.05, 0) is 53.0 Å². The summed E-state index contributed by atoms with van der Waals surface area (Å²) >= 11 is 0. The van der Waals surface area contributed by atoms with Crippen molar-refractivity contribution >= 4 is 11.0 Å². The molecule has 3 atom stereocenters. The second kappa shape index (κ2) is 6.29. The Bertz CT molecular complexity index is 990. The van der Waals surface area contributed by atoms with E-state index in [2.05, 4.69) is 91.1 Å². The summed E-state index contributed by atoms with van der Waals surface area (Å²) in [5.41, 5.74) is -0.0590. The van der Waals surface area contributed by atoms with E-state index in [0.29, 0.717) is 0 Å². The summed E-state index contributed by atoms with van der Waals surface area (Å²) in [7, 11) is 3.66. The first-order valence-electron chi connectivity index (χ1n) is 10.9. The summed E-state index contributed by atoms with van der Waals surface area (Å²) in [5, 5.41) is 1.10. The molecule has 0 amide bonds. The molecule has 5 nitrogen and oxygen atoms in total. The highest BCUT2D eigenvalue weighted by Crippen LogP contribution is 2.77. The van der Waals surface area contributed by atoms with Crippen molar-refractivity contribution in [2.24, 2.45) is 16.2 Å². The molecule has 5 heteroatoms. The molecule has 30 heavy (non-hydrogen) atoms. The lowest BCUT2D eigenvalue weighted by molar-refractivity contribution is -0.228. The van der Waals surface area contributed by atoms with Crippen molar-refractivity contribution in [2.45, 2.75) is 92.9 Å².